The molecule has 2 fully saturated rings. The normalized spacial score (nSPS) is 25.2. The third-order valence-electron chi connectivity index (χ3n) is 11.2. The number of ether oxygens (including phenoxy) is 3. The number of hydrogen-bond donors (Lipinski definition) is 6. The van der Waals surface area contributed by atoms with Crippen molar-refractivity contribution in [3.8, 4) is 17.2 Å². The van der Waals surface area contributed by atoms with Gasteiger partial charge in [-0.1, -0.05) is 13.0 Å². The average Bonchev–Trinajstić information content (AvgIpc) is 3.43. The second-order valence-electron chi connectivity index (χ2n) is 14.0. The summed E-state index contributed by atoms with van der Waals surface area (Å²) < 4.78 is 16.9. The van der Waals surface area contributed by atoms with Crippen molar-refractivity contribution >= 4 is 23.4 Å². The molecule has 268 valence electrons. The molecule has 7 unspecified atom stereocenters. The number of aliphatic hydroxyl groups is 2. The van der Waals surface area contributed by atoms with Crippen molar-refractivity contribution in [2.75, 3.05) is 32.7 Å². The highest BCUT2D eigenvalue weighted by Gasteiger charge is 2.55. The number of fused-ring (bicyclic) bond motifs is 5. The number of carbonyl (C=O) groups is 3. The first-order chi connectivity index (χ1) is 23.5. The van der Waals surface area contributed by atoms with Crippen LogP contribution in [0.4, 0.5) is 5.69 Å². The SMILES string of the molecule is COc1ccc2c(c1)CCC1C2CCC2(C)C(OCCNC(=O)CCC(O)C(O)CCC(=O)Nc3ccc(OC)c(C(N)=O)c3O)CCC12. The monoisotopic (exact) mass is 681 g/mol. The van der Waals surface area contributed by atoms with Crippen LogP contribution in [0.5, 0.6) is 17.2 Å². The molecule has 0 bridgehead atoms. The van der Waals surface area contributed by atoms with Crippen LogP contribution in [-0.4, -0.2) is 78.7 Å². The van der Waals surface area contributed by atoms with Crippen molar-refractivity contribution in [2.24, 2.45) is 23.0 Å². The van der Waals surface area contributed by atoms with E-state index in [1.807, 2.05) is 0 Å². The molecule has 2 saturated carbocycles. The van der Waals surface area contributed by atoms with Crippen molar-refractivity contribution in [2.45, 2.75) is 95.4 Å². The minimum Gasteiger partial charge on any atom is -0.505 e. The third kappa shape index (κ3) is 7.97. The second-order valence-corrected chi connectivity index (χ2v) is 14.0. The number of phenols is 1. The maximum Gasteiger partial charge on any atom is 0.256 e. The standard InChI is InChI=1S/C37H51N3O9/c1-37-17-16-24-23-7-5-22(47-2)20-21(23)4-6-25(24)26(37)8-13-31(37)49-19-18-39-32(43)14-10-28(41)29(42)11-15-33(44)40-27-9-12-30(48-3)34(35(27)45)36(38)46/h5,7,9,12,20,24-26,28-29,31,41-42,45H,4,6,8,10-11,13-19H2,1-3H3,(H2,38,46)(H,39,43)(H,40,44). The van der Waals surface area contributed by atoms with Crippen LogP contribution in [0.3, 0.4) is 0 Å². The predicted octanol–water partition coefficient (Wildman–Crippen LogP) is 3.79. The molecular weight excluding hydrogens is 630 g/mol. The number of aromatic hydroxyl groups is 1. The van der Waals surface area contributed by atoms with Gasteiger partial charge in [0.1, 0.15) is 17.1 Å². The van der Waals surface area contributed by atoms with Gasteiger partial charge in [0, 0.05) is 19.4 Å². The summed E-state index contributed by atoms with van der Waals surface area (Å²) in [4.78, 5) is 36.6. The van der Waals surface area contributed by atoms with Crippen LogP contribution in [0.2, 0.25) is 0 Å². The van der Waals surface area contributed by atoms with E-state index in [1.165, 1.54) is 43.2 Å². The van der Waals surface area contributed by atoms with Crippen LogP contribution < -0.4 is 25.8 Å². The lowest BCUT2D eigenvalue weighted by molar-refractivity contribution is -0.123. The number of anilines is 1. The molecule has 7 atom stereocenters. The van der Waals surface area contributed by atoms with Gasteiger partial charge in [-0.15, -0.1) is 0 Å². The zero-order valence-electron chi connectivity index (χ0n) is 28.7. The molecule has 0 heterocycles. The molecule has 5 rings (SSSR count). The molecule has 0 aromatic heterocycles. The lowest BCUT2D eigenvalue weighted by Crippen LogP contribution is -2.45. The maximum atomic E-state index is 12.5. The van der Waals surface area contributed by atoms with Crippen molar-refractivity contribution in [1.82, 2.24) is 5.32 Å². The van der Waals surface area contributed by atoms with E-state index in [4.69, 9.17) is 19.9 Å². The van der Waals surface area contributed by atoms with Gasteiger partial charge in [-0.05, 0) is 110 Å². The van der Waals surface area contributed by atoms with Crippen molar-refractivity contribution in [1.29, 1.82) is 0 Å². The number of carbonyl (C=O) groups excluding carboxylic acids is 3. The zero-order chi connectivity index (χ0) is 35.3. The Morgan fingerprint density at radius 1 is 0.980 bits per heavy atom. The molecule has 2 aromatic rings. The number of methoxy groups -OCH3 is 2. The van der Waals surface area contributed by atoms with Gasteiger partial charge in [-0.2, -0.15) is 0 Å². The summed E-state index contributed by atoms with van der Waals surface area (Å²) in [5, 5.41) is 36.4. The molecule has 2 aromatic carbocycles. The number of hydrogen-bond acceptors (Lipinski definition) is 9. The first-order valence-corrected chi connectivity index (χ1v) is 17.4. The van der Waals surface area contributed by atoms with Gasteiger partial charge >= 0.3 is 0 Å². The summed E-state index contributed by atoms with van der Waals surface area (Å²) in [7, 11) is 3.04. The number of amides is 3. The first kappa shape index (κ1) is 36.4. The Balaban J connectivity index is 0.994. The number of nitrogens with two attached hydrogens (primary N) is 1. The van der Waals surface area contributed by atoms with E-state index in [0.717, 1.165) is 31.4 Å². The minimum absolute atomic E-state index is 0.0136. The summed E-state index contributed by atoms with van der Waals surface area (Å²) in [5.74, 6) is 0.637. The van der Waals surface area contributed by atoms with Crippen LogP contribution in [-0.2, 0) is 20.7 Å². The Labute approximate surface area is 287 Å². The largest absolute Gasteiger partial charge is 0.505 e. The number of aryl methyl sites for hydroxylation is 1. The lowest BCUT2D eigenvalue weighted by atomic mass is 9.55. The summed E-state index contributed by atoms with van der Waals surface area (Å²) in [5.41, 5.74) is 8.07. The van der Waals surface area contributed by atoms with Crippen LogP contribution >= 0.6 is 0 Å². The van der Waals surface area contributed by atoms with Crippen molar-refractivity contribution < 1.29 is 43.9 Å². The Kier molecular flexibility index (Phi) is 11.7. The minimum atomic E-state index is -1.24. The lowest BCUT2D eigenvalue weighted by Gasteiger charge is -2.50. The van der Waals surface area contributed by atoms with Gasteiger partial charge in [0.05, 0.1) is 44.8 Å². The van der Waals surface area contributed by atoms with Crippen LogP contribution in [0.25, 0.3) is 0 Å². The van der Waals surface area contributed by atoms with Crippen molar-refractivity contribution in [3.05, 3.63) is 47.0 Å². The fraction of sp³-hybridized carbons (Fsp3) is 0.595. The molecule has 12 heteroatoms. The highest BCUT2D eigenvalue weighted by molar-refractivity contribution is 6.02. The van der Waals surface area contributed by atoms with Gasteiger partial charge in [0.2, 0.25) is 11.8 Å². The Hall–Kier alpha value is -3.87. The van der Waals surface area contributed by atoms with E-state index >= 15 is 0 Å². The molecule has 3 aliphatic rings. The van der Waals surface area contributed by atoms with E-state index in [9.17, 15) is 29.7 Å². The number of primary amides is 1. The van der Waals surface area contributed by atoms with Crippen LogP contribution in [0.15, 0.2) is 30.3 Å². The molecule has 0 aliphatic heterocycles. The quantitative estimate of drug-likeness (QED) is 0.120. The van der Waals surface area contributed by atoms with Crippen LogP contribution in [0, 0.1) is 17.3 Å². The second kappa shape index (κ2) is 15.8. The van der Waals surface area contributed by atoms with Crippen molar-refractivity contribution in [3.63, 3.8) is 0 Å². The summed E-state index contributed by atoms with van der Waals surface area (Å²) in [6.45, 7) is 3.18. The molecule has 0 radical (unpaired) electrons. The molecular formula is C37H51N3O9. The van der Waals surface area contributed by atoms with Gasteiger partial charge in [0.25, 0.3) is 5.91 Å². The van der Waals surface area contributed by atoms with Crippen LogP contribution in [0.1, 0.15) is 92.1 Å². The average molecular weight is 682 g/mol. The third-order valence-corrected chi connectivity index (χ3v) is 11.2. The Morgan fingerprint density at radius 3 is 2.41 bits per heavy atom. The van der Waals surface area contributed by atoms with Gasteiger partial charge in [0.15, 0.2) is 5.75 Å². The predicted molar refractivity (Wildman–Crippen MR) is 183 cm³/mol. The van der Waals surface area contributed by atoms with E-state index < -0.39 is 29.8 Å². The summed E-state index contributed by atoms with van der Waals surface area (Å²) in [6.07, 6.45) is 4.30. The number of benzene rings is 2. The fourth-order valence-corrected chi connectivity index (χ4v) is 8.63. The molecule has 0 saturated heterocycles. The molecule has 7 N–H and O–H groups in total. The fourth-order valence-electron chi connectivity index (χ4n) is 8.63. The van der Waals surface area contributed by atoms with E-state index in [-0.39, 0.29) is 60.1 Å². The summed E-state index contributed by atoms with van der Waals surface area (Å²) in [6, 6.07) is 9.32. The van der Waals surface area contributed by atoms with E-state index in [2.05, 4.69) is 35.8 Å². The smallest absolute Gasteiger partial charge is 0.256 e. The van der Waals surface area contributed by atoms with Gasteiger partial charge < -0.3 is 45.9 Å². The highest BCUT2D eigenvalue weighted by atomic mass is 16.5. The van der Waals surface area contributed by atoms with Gasteiger partial charge in [-0.25, -0.2) is 0 Å². The highest BCUT2D eigenvalue weighted by Crippen LogP contribution is 2.61. The maximum absolute atomic E-state index is 12.5. The number of aliphatic hydroxyl groups excluding tert-OH is 2. The van der Waals surface area contributed by atoms with E-state index in [1.54, 1.807) is 7.11 Å². The Bertz CT molecular complexity index is 1520. The zero-order valence-corrected chi connectivity index (χ0v) is 28.7. The number of nitrogens with one attached hydrogen (secondary N) is 2. The summed E-state index contributed by atoms with van der Waals surface area (Å²) >= 11 is 0. The topological polar surface area (TPSA) is 190 Å². The van der Waals surface area contributed by atoms with Gasteiger partial charge in [-0.3, -0.25) is 14.4 Å². The Morgan fingerprint density at radius 2 is 1.71 bits per heavy atom. The molecule has 0 spiro atoms. The molecule has 12 nitrogen and oxygen atoms in total. The van der Waals surface area contributed by atoms with E-state index in [0.29, 0.717) is 30.9 Å². The molecule has 3 amide bonds. The molecule has 3 aliphatic carbocycles. The number of rotatable bonds is 15. The molecule has 49 heavy (non-hydrogen) atoms. The first-order valence-electron chi connectivity index (χ1n) is 17.4.